The summed E-state index contributed by atoms with van der Waals surface area (Å²) in [5.74, 6) is 1.01. The topological polar surface area (TPSA) is 105 Å². The van der Waals surface area contributed by atoms with Crippen LogP contribution in [0.4, 0.5) is 26.6 Å². The van der Waals surface area contributed by atoms with Gasteiger partial charge in [0.1, 0.15) is 36.8 Å². The predicted molar refractivity (Wildman–Crippen MR) is 105 cm³/mol. The molecule has 4 heterocycles. The van der Waals surface area contributed by atoms with Crippen molar-refractivity contribution in [2.45, 2.75) is 19.1 Å². The molecular formula is C19H21FN6O3. The number of carbonyl (C=O) groups excluding carboxylic acids is 2. The fourth-order valence-corrected chi connectivity index (χ4v) is 3.49. The Morgan fingerprint density at radius 3 is 2.72 bits per heavy atom. The minimum atomic E-state index is -0.745. The summed E-state index contributed by atoms with van der Waals surface area (Å²) in [6.45, 7) is -0.302. The van der Waals surface area contributed by atoms with E-state index in [0.717, 1.165) is 5.56 Å². The second-order valence-electron chi connectivity index (χ2n) is 7.05. The van der Waals surface area contributed by atoms with Crippen LogP contribution in [0.1, 0.15) is 21.6 Å². The smallest absolute Gasteiger partial charge is 0.416 e. The molecule has 2 aliphatic rings. The Morgan fingerprint density at radius 1 is 1.28 bits per heavy atom. The molecule has 2 aromatic heterocycles. The molecule has 0 bridgehead atoms. The number of pyridine rings is 2. The van der Waals surface area contributed by atoms with Crippen molar-refractivity contribution >= 4 is 29.5 Å². The Bertz CT molecular complexity index is 982. The van der Waals surface area contributed by atoms with Gasteiger partial charge in [-0.1, -0.05) is 6.07 Å². The van der Waals surface area contributed by atoms with E-state index < -0.39 is 18.8 Å². The van der Waals surface area contributed by atoms with E-state index in [0.29, 0.717) is 22.9 Å². The Balaban J connectivity index is 1.70. The number of halogens is 1. The van der Waals surface area contributed by atoms with E-state index in [1.54, 1.807) is 24.3 Å². The van der Waals surface area contributed by atoms with Crippen LogP contribution in [0.5, 0.6) is 0 Å². The standard InChI is InChI=1S/C19H21FN6O3/c1-24(2)17-6-12-13(14(8-21)22-17)9-25(18(12)27)15-4-3-5-16(23-15)26-11(7-20)10-29-19(26)28/h3-6,11H,7-10,21H2,1-2H3/t11-/m0/s1. The quantitative estimate of drug-likeness (QED) is 0.810. The molecule has 0 unspecified atom stereocenters. The second-order valence-corrected chi connectivity index (χ2v) is 7.05. The molecule has 1 fully saturated rings. The first-order valence-corrected chi connectivity index (χ1v) is 9.15. The predicted octanol–water partition coefficient (Wildman–Crippen LogP) is 1.46. The molecule has 0 aromatic carbocycles. The van der Waals surface area contributed by atoms with Gasteiger partial charge in [0, 0.05) is 26.2 Å². The number of cyclic esters (lactones) is 1. The number of fused-ring (bicyclic) bond motifs is 1. The lowest BCUT2D eigenvalue weighted by Crippen LogP contribution is -2.36. The van der Waals surface area contributed by atoms with Crippen LogP contribution in [0, 0.1) is 0 Å². The zero-order valence-electron chi connectivity index (χ0n) is 16.1. The van der Waals surface area contributed by atoms with Crippen LogP contribution < -0.4 is 20.4 Å². The largest absolute Gasteiger partial charge is 0.447 e. The summed E-state index contributed by atoms with van der Waals surface area (Å²) >= 11 is 0. The van der Waals surface area contributed by atoms with Gasteiger partial charge in [0.15, 0.2) is 0 Å². The molecule has 2 aromatic rings. The zero-order chi connectivity index (χ0) is 20.7. The number of ether oxygens (including phenoxy) is 1. The SMILES string of the molecule is CN(C)c1cc2c(c(CN)n1)CN(c1cccc(N3C(=O)OC[C@@H]3CF)n1)C2=O. The van der Waals surface area contributed by atoms with Crippen LogP contribution in [0.25, 0.3) is 0 Å². The van der Waals surface area contributed by atoms with Gasteiger partial charge in [0.25, 0.3) is 5.91 Å². The van der Waals surface area contributed by atoms with Gasteiger partial charge in [0.2, 0.25) is 0 Å². The minimum Gasteiger partial charge on any atom is -0.447 e. The van der Waals surface area contributed by atoms with E-state index in [-0.39, 0.29) is 31.4 Å². The third-order valence-corrected chi connectivity index (χ3v) is 5.02. The summed E-state index contributed by atoms with van der Waals surface area (Å²) in [5.41, 5.74) is 7.79. The molecule has 0 radical (unpaired) electrons. The average Bonchev–Trinajstić information content (AvgIpc) is 3.27. The third-order valence-electron chi connectivity index (χ3n) is 5.02. The maximum absolute atomic E-state index is 13.2. The molecule has 2 amide bonds. The number of alkyl halides is 1. The Kier molecular flexibility index (Phi) is 4.79. The molecular weight excluding hydrogens is 379 g/mol. The third kappa shape index (κ3) is 3.15. The van der Waals surface area contributed by atoms with Gasteiger partial charge in [-0.15, -0.1) is 0 Å². The lowest BCUT2D eigenvalue weighted by Gasteiger charge is -2.20. The van der Waals surface area contributed by atoms with Crippen LogP contribution in [-0.2, 0) is 17.8 Å². The fraction of sp³-hybridized carbons (Fsp3) is 0.368. The Morgan fingerprint density at radius 2 is 2.03 bits per heavy atom. The van der Waals surface area contributed by atoms with E-state index in [2.05, 4.69) is 9.97 Å². The van der Waals surface area contributed by atoms with Crippen LogP contribution >= 0.6 is 0 Å². The molecule has 152 valence electrons. The summed E-state index contributed by atoms with van der Waals surface area (Å²) in [6.07, 6.45) is -0.654. The Labute approximate surface area is 166 Å². The number of nitrogens with zero attached hydrogens (tertiary/aromatic N) is 5. The number of rotatable bonds is 5. The lowest BCUT2D eigenvalue weighted by atomic mass is 10.1. The highest BCUT2D eigenvalue weighted by Crippen LogP contribution is 2.32. The summed E-state index contributed by atoms with van der Waals surface area (Å²) in [7, 11) is 3.68. The van der Waals surface area contributed by atoms with Crippen molar-refractivity contribution in [1.29, 1.82) is 0 Å². The molecule has 0 aliphatic carbocycles. The van der Waals surface area contributed by atoms with Crippen molar-refractivity contribution < 1.29 is 18.7 Å². The van der Waals surface area contributed by atoms with Gasteiger partial charge in [-0.05, 0) is 18.2 Å². The first-order valence-electron chi connectivity index (χ1n) is 9.15. The van der Waals surface area contributed by atoms with Crippen LogP contribution in [-0.4, -0.2) is 55.4 Å². The number of hydrogen-bond acceptors (Lipinski definition) is 7. The highest BCUT2D eigenvalue weighted by molar-refractivity contribution is 6.10. The summed E-state index contributed by atoms with van der Waals surface area (Å²) in [5, 5.41) is 0. The monoisotopic (exact) mass is 400 g/mol. The molecule has 1 atom stereocenters. The summed E-state index contributed by atoms with van der Waals surface area (Å²) in [4.78, 5) is 38.5. The molecule has 2 N–H and O–H groups in total. The fourth-order valence-electron chi connectivity index (χ4n) is 3.49. The highest BCUT2D eigenvalue weighted by Gasteiger charge is 2.37. The number of hydrogen-bond donors (Lipinski definition) is 1. The first kappa shape index (κ1) is 19.1. The summed E-state index contributed by atoms with van der Waals surface area (Å²) in [6, 6.07) is 5.93. The van der Waals surface area contributed by atoms with Gasteiger partial charge >= 0.3 is 6.09 Å². The van der Waals surface area contributed by atoms with E-state index in [1.807, 2.05) is 19.0 Å². The molecule has 4 rings (SSSR count). The van der Waals surface area contributed by atoms with Crippen molar-refractivity contribution in [3.63, 3.8) is 0 Å². The molecule has 9 nitrogen and oxygen atoms in total. The lowest BCUT2D eigenvalue weighted by molar-refractivity contribution is 0.0996. The van der Waals surface area contributed by atoms with Crippen molar-refractivity contribution in [2.24, 2.45) is 5.73 Å². The molecule has 0 saturated carbocycles. The van der Waals surface area contributed by atoms with E-state index >= 15 is 0 Å². The summed E-state index contributed by atoms with van der Waals surface area (Å²) < 4.78 is 18.2. The first-order chi connectivity index (χ1) is 13.9. The normalized spacial score (nSPS) is 18.3. The average molecular weight is 400 g/mol. The van der Waals surface area contributed by atoms with Crippen molar-refractivity contribution in [2.75, 3.05) is 42.1 Å². The van der Waals surface area contributed by atoms with Crippen molar-refractivity contribution in [3.05, 3.63) is 41.1 Å². The van der Waals surface area contributed by atoms with Gasteiger partial charge in [-0.2, -0.15) is 0 Å². The van der Waals surface area contributed by atoms with Gasteiger partial charge in [-0.25, -0.2) is 19.2 Å². The van der Waals surface area contributed by atoms with Crippen LogP contribution in [0.3, 0.4) is 0 Å². The van der Waals surface area contributed by atoms with Gasteiger partial charge < -0.3 is 15.4 Å². The van der Waals surface area contributed by atoms with Gasteiger partial charge in [-0.3, -0.25) is 14.6 Å². The maximum Gasteiger partial charge on any atom is 0.416 e. The van der Waals surface area contributed by atoms with E-state index in [1.165, 1.54) is 9.80 Å². The number of aromatic nitrogens is 2. The zero-order valence-corrected chi connectivity index (χ0v) is 16.1. The number of nitrogens with two attached hydrogens (primary N) is 1. The van der Waals surface area contributed by atoms with Crippen molar-refractivity contribution in [3.8, 4) is 0 Å². The number of amides is 2. The Hall–Kier alpha value is -3.27. The van der Waals surface area contributed by atoms with Crippen LogP contribution in [0.2, 0.25) is 0 Å². The number of carbonyl (C=O) groups is 2. The molecule has 10 heteroatoms. The van der Waals surface area contributed by atoms with Gasteiger partial charge in [0.05, 0.1) is 17.8 Å². The van der Waals surface area contributed by atoms with E-state index in [4.69, 9.17) is 10.5 Å². The highest BCUT2D eigenvalue weighted by atomic mass is 19.1. The van der Waals surface area contributed by atoms with Crippen LogP contribution in [0.15, 0.2) is 24.3 Å². The molecule has 0 spiro atoms. The number of anilines is 3. The molecule has 29 heavy (non-hydrogen) atoms. The maximum atomic E-state index is 13.2. The van der Waals surface area contributed by atoms with E-state index in [9.17, 15) is 14.0 Å². The second kappa shape index (κ2) is 7.28. The molecule has 2 aliphatic heterocycles. The van der Waals surface area contributed by atoms with Crippen molar-refractivity contribution in [1.82, 2.24) is 9.97 Å². The molecule has 1 saturated heterocycles. The minimum absolute atomic E-state index is 0.0336.